The summed E-state index contributed by atoms with van der Waals surface area (Å²) < 4.78 is 0.375. The predicted molar refractivity (Wildman–Crippen MR) is 89.5 cm³/mol. The van der Waals surface area contributed by atoms with Crippen LogP contribution < -0.4 is 10.6 Å². The molecule has 3 rings (SSSR count). The molecule has 2 aromatic rings. The van der Waals surface area contributed by atoms with E-state index >= 15 is 0 Å². The van der Waals surface area contributed by atoms with Crippen molar-refractivity contribution in [1.82, 2.24) is 4.98 Å². The number of nitrogen functional groups attached to an aromatic ring is 1. The van der Waals surface area contributed by atoms with Crippen LogP contribution in [0.25, 0.3) is 10.8 Å². The molecule has 1 aliphatic heterocycles. The normalized spacial score (nSPS) is 19.0. The number of nitrogens with two attached hydrogens (primary N) is 1. The Morgan fingerprint density at radius 2 is 2.05 bits per heavy atom. The number of pyridine rings is 1. The van der Waals surface area contributed by atoms with Gasteiger partial charge in [-0.1, -0.05) is 13.8 Å². The monoisotopic (exact) mass is 287 g/mol. The summed E-state index contributed by atoms with van der Waals surface area (Å²) in [5.41, 5.74) is 8.16. The lowest BCUT2D eigenvalue weighted by molar-refractivity contribution is 0.638. The third-order valence-corrected chi connectivity index (χ3v) is 5.38. The first-order valence-electron chi connectivity index (χ1n) is 7.08. The Morgan fingerprint density at radius 1 is 1.20 bits per heavy atom. The third-order valence-electron chi connectivity index (χ3n) is 4.01. The summed E-state index contributed by atoms with van der Waals surface area (Å²) in [7, 11) is 0. The van der Waals surface area contributed by atoms with E-state index in [1.807, 2.05) is 18.5 Å². The van der Waals surface area contributed by atoms with Crippen LogP contribution in [0.3, 0.4) is 0 Å². The molecule has 106 valence electrons. The van der Waals surface area contributed by atoms with Gasteiger partial charge in [-0.15, -0.1) is 0 Å². The first-order chi connectivity index (χ1) is 9.57. The summed E-state index contributed by atoms with van der Waals surface area (Å²) in [6, 6.07) is 6.23. The highest BCUT2D eigenvalue weighted by Crippen LogP contribution is 2.35. The Kier molecular flexibility index (Phi) is 3.50. The molecule has 0 radical (unpaired) electrons. The summed E-state index contributed by atoms with van der Waals surface area (Å²) in [6.07, 6.45) is 4.92. The molecule has 2 heterocycles. The van der Waals surface area contributed by atoms with Crippen LogP contribution in [0.15, 0.2) is 30.6 Å². The van der Waals surface area contributed by atoms with Crippen LogP contribution in [0.4, 0.5) is 11.4 Å². The molecule has 1 saturated heterocycles. The molecule has 0 atom stereocenters. The number of nitrogens with zero attached hydrogens (tertiary/aromatic N) is 2. The summed E-state index contributed by atoms with van der Waals surface area (Å²) in [6.45, 7) is 6.87. The number of hydrogen-bond donors (Lipinski definition) is 1. The van der Waals surface area contributed by atoms with Gasteiger partial charge in [-0.05, 0) is 24.6 Å². The van der Waals surface area contributed by atoms with Gasteiger partial charge in [0, 0.05) is 58.1 Å². The highest BCUT2D eigenvalue weighted by molar-refractivity contribution is 8.00. The molecule has 0 spiro atoms. The predicted octanol–water partition coefficient (Wildman–Crippen LogP) is 3.54. The van der Waals surface area contributed by atoms with E-state index in [9.17, 15) is 0 Å². The molecule has 1 fully saturated rings. The molecular formula is C16H21N3S. The van der Waals surface area contributed by atoms with Crippen molar-refractivity contribution in [1.29, 1.82) is 0 Å². The average molecular weight is 287 g/mol. The van der Waals surface area contributed by atoms with Crippen LogP contribution >= 0.6 is 11.8 Å². The van der Waals surface area contributed by atoms with E-state index in [1.54, 1.807) is 0 Å². The van der Waals surface area contributed by atoms with Gasteiger partial charge in [-0.2, -0.15) is 11.8 Å². The third kappa shape index (κ3) is 2.57. The molecule has 4 heteroatoms. The fraction of sp³-hybridized carbons (Fsp3) is 0.438. The SMILES string of the molecule is CC1(C)CCN(c2ccc(N)c3cnccc23)CCS1. The smallest absolute Gasteiger partial charge is 0.0448 e. The number of anilines is 2. The standard InChI is InChI=1S/C16H21N3S/c1-16(2)6-8-19(9-10-20-16)15-4-3-14(17)13-11-18-7-5-12(13)15/h3-5,7,11H,6,8-10,17H2,1-2H3. The molecular weight excluding hydrogens is 266 g/mol. The zero-order chi connectivity index (χ0) is 14.2. The summed E-state index contributed by atoms with van der Waals surface area (Å²) in [4.78, 5) is 6.69. The summed E-state index contributed by atoms with van der Waals surface area (Å²) >= 11 is 2.07. The fourth-order valence-electron chi connectivity index (χ4n) is 2.73. The van der Waals surface area contributed by atoms with Crippen molar-refractivity contribution < 1.29 is 0 Å². The molecule has 0 bridgehead atoms. The maximum atomic E-state index is 6.07. The summed E-state index contributed by atoms with van der Waals surface area (Å²) in [5.74, 6) is 1.17. The van der Waals surface area contributed by atoms with E-state index in [0.29, 0.717) is 4.75 Å². The minimum Gasteiger partial charge on any atom is -0.398 e. The van der Waals surface area contributed by atoms with Gasteiger partial charge in [-0.3, -0.25) is 4.98 Å². The number of rotatable bonds is 1. The largest absolute Gasteiger partial charge is 0.398 e. The lowest BCUT2D eigenvalue weighted by Gasteiger charge is -2.25. The van der Waals surface area contributed by atoms with Gasteiger partial charge >= 0.3 is 0 Å². The van der Waals surface area contributed by atoms with Crippen molar-refractivity contribution in [3.63, 3.8) is 0 Å². The molecule has 2 N–H and O–H groups in total. The highest BCUT2D eigenvalue weighted by atomic mass is 32.2. The zero-order valence-corrected chi connectivity index (χ0v) is 12.9. The molecule has 1 aromatic heterocycles. The molecule has 1 aromatic carbocycles. The molecule has 0 saturated carbocycles. The maximum absolute atomic E-state index is 6.07. The molecule has 1 aliphatic rings. The van der Waals surface area contributed by atoms with Gasteiger partial charge in [0.15, 0.2) is 0 Å². The Morgan fingerprint density at radius 3 is 2.90 bits per heavy atom. The van der Waals surface area contributed by atoms with Crippen molar-refractivity contribution >= 4 is 33.9 Å². The van der Waals surface area contributed by atoms with Gasteiger partial charge in [0.1, 0.15) is 0 Å². The van der Waals surface area contributed by atoms with E-state index in [-0.39, 0.29) is 0 Å². The van der Waals surface area contributed by atoms with Gasteiger partial charge in [0.2, 0.25) is 0 Å². The zero-order valence-electron chi connectivity index (χ0n) is 12.1. The number of aromatic nitrogens is 1. The van der Waals surface area contributed by atoms with E-state index in [0.717, 1.165) is 24.2 Å². The molecule has 0 aliphatic carbocycles. The topological polar surface area (TPSA) is 42.1 Å². The van der Waals surface area contributed by atoms with Crippen molar-refractivity contribution in [3.8, 4) is 0 Å². The van der Waals surface area contributed by atoms with Gasteiger partial charge in [0.25, 0.3) is 0 Å². The van der Waals surface area contributed by atoms with Crippen molar-refractivity contribution in [2.45, 2.75) is 25.0 Å². The Hall–Kier alpha value is -1.42. The highest BCUT2D eigenvalue weighted by Gasteiger charge is 2.24. The number of hydrogen-bond acceptors (Lipinski definition) is 4. The lowest BCUT2D eigenvalue weighted by atomic mass is 10.1. The molecule has 0 unspecified atom stereocenters. The number of benzene rings is 1. The average Bonchev–Trinajstić information content (AvgIpc) is 2.61. The number of thioether (sulfide) groups is 1. The van der Waals surface area contributed by atoms with Crippen molar-refractivity contribution in [3.05, 3.63) is 30.6 Å². The van der Waals surface area contributed by atoms with Gasteiger partial charge in [0.05, 0.1) is 0 Å². The second-order valence-corrected chi connectivity index (χ2v) is 7.74. The first kappa shape index (κ1) is 13.6. The second-order valence-electron chi connectivity index (χ2n) is 5.94. The summed E-state index contributed by atoms with van der Waals surface area (Å²) in [5, 5.41) is 2.27. The van der Waals surface area contributed by atoms with Gasteiger partial charge < -0.3 is 10.6 Å². The van der Waals surface area contributed by atoms with Crippen LogP contribution in [0.5, 0.6) is 0 Å². The van der Waals surface area contributed by atoms with Crippen LogP contribution in [-0.2, 0) is 0 Å². The van der Waals surface area contributed by atoms with Crippen LogP contribution in [0.1, 0.15) is 20.3 Å². The van der Waals surface area contributed by atoms with Crippen molar-refractivity contribution in [2.75, 3.05) is 29.5 Å². The van der Waals surface area contributed by atoms with Crippen LogP contribution in [0.2, 0.25) is 0 Å². The minimum atomic E-state index is 0.375. The van der Waals surface area contributed by atoms with Crippen LogP contribution in [0, 0.1) is 0 Å². The van der Waals surface area contributed by atoms with Gasteiger partial charge in [-0.25, -0.2) is 0 Å². The molecule has 0 amide bonds. The molecule has 3 nitrogen and oxygen atoms in total. The molecule has 20 heavy (non-hydrogen) atoms. The number of fused-ring (bicyclic) bond motifs is 1. The van der Waals surface area contributed by atoms with Crippen LogP contribution in [-0.4, -0.2) is 28.6 Å². The maximum Gasteiger partial charge on any atom is 0.0448 e. The quantitative estimate of drug-likeness (QED) is 0.815. The Bertz CT molecular complexity index is 624. The Balaban J connectivity index is 2.00. The van der Waals surface area contributed by atoms with E-state index < -0.39 is 0 Å². The van der Waals surface area contributed by atoms with E-state index in [2.05, 4.69) is 47.6 Å². The lowest BCUT2D eigenvalue weighted by Crippen LogP contribution is -2.27. The Labute approximate surface area is 124 Å². The second kappa shape index (κ2) is 5.17. The first-order valence-corrected chi connectivity index (χ1v) is 8.06. The van der Waals surface area contributed by atoms with Crippen molar-refractivity contribution in [2.24, 2.45) is 0 Å². The minimum absolute atomic E-state index is 0.375. The van der Waals surface area contributed by atoms with E-state index in [1.165, 1.54) is 23.2 Å². The van der Waals surface area contributed by atoms with E-state index in [4.69, 9.17) is 5.73 Å². The fourth-order valence-corrected chi connectivity index (χ4v) is 3.83.